The summed E-state index contributed by atoms with van der Waals surface area (Å²) in [6.07, 6.45) is 2.05. The summed E-state index contributed by atoms with van der Waals surface area (Å²) in [5, 5.41) is 0. The number of aromatic nitrogens is 2. The molecule has 0 saturated carbocycles. The van der Waals surface area contributed by atoms with E-state index in [0.717, 1.165) is 5.69 Å². The summed E-state index contributed by atoms with van der Waals surface area (Å²) in [5.41, 5.74) is 6.85. The minimum atomic E-state index is -0.219. The number of methoxy groups -OCH3 is 1. The molecule has 0 aliphatic carbocycles. The fraction of sp³-hybridized carbons (Fsp3) is 0.583. The highest BCUT2D eigenvalue weighted by molar-refractivity contribution is 5.80. The summed E-state index contributed by atoms with van der Waals surface area (Å²) in [7, 11) is 1.62. The van der Waals surface area contributed by atoms with Crippen molar-refractivity contribution in [2.45, 2.75) is 25.4 Å². The van der Waals surface area contributed by atoms with E-state index in [4.69, 9.17) is 10.5 Å². The van der Waals surface area contributed by atoms with Gasteiger partial charge in [0.2, 0.25) is 5.91 Å². The van der Waals surface area contributed by atoms with Gasteiger partial charge in [-0.25, -0.2) is 9.97 Å². The summed E-state index contributed by atoms with van der Waals surface area (Å²) < 4.78 is 5.03. The minimum Gasteiger partial charge on any atom is -0.383 e. The smallest absolute Gasteiger partial charge is 0.224 e. The highest BCUT2D eigenvalue weighted by Crippen LogP contribution is 2.30. The van der Waals surface area contributed by atoms with Crippen molar-refractivity contribution in [2.75, 3.05) is 20.3 Å². The van der Waals surface area contributed by atoms with Gasteiger partial charge in [-0.05, 0) is 13.0 Å². The van der Waals surface area contributed by atoms with Gasteiger partial charge in [0.25, 0.3) is 0 Å². The molecule has 0 bridgehead atoms. The van der Waals surface area contributed by atoms with Crippen LogP contribution in [-0.2, 0) is 9.53 Å². The minimum absolute atomic E-state index is 0.0563. The van der Waals surface area contributed by atoms with Crippen molar-refractivity contribution in [1.29, 1.82) is 0 Å². The second kappa shape index (κ2) is 5.41. The Bertz CT molecular complexity index is 438. The first-order chi connectivity index (χ1) is 8.63. The Hall–Kier alpha value is -1.53. The molecule has 0 radical (unpaired) electrons. The van der Waals surface area contributed by atoms with Crippen LogP contribution in [0.2, 0.25) is 0 Å². The second-order valence-electron chi connectivity index (χ2n) is 4.42. The third-order valence-electron chi connectivity index (χ3n) is 3.11. The fourth-order valence-corrected chi connectivity index (χ4v) is 2.29. The van der Waals surface area contributed by atoms with Crippen molar-refractivity contribution in [1.82, 2.24) is 14.9 Å². The van der Waals surface area contributed by atoms with Crippen LogP contribution in [0.1, 0.15) is 24.0 Å². The second-order valence-corrected chi connectivity index (χ2v) is 4.42. The summed E-state index contributed by atoms with van der Waals surface area (Å²) in [5.74, 6) is 0.742. The number of aryl methyl sites for hydroxylation is 1. The van der Waals surface area contributed by atoms with Gasteiger partial charge < -0.3 is 15.4 Å². The zero-order chi connectivity index (χ0) is 13.1. The summed E-state index contributed by atoms with van der Waals surface area (Å²) in [4.78, 5) is 22.1. The first-order valence-electron chi connectivity index (χ1n) is 5.97. The van der Waals surface area contributed by atoms with Crippen molar-refractivity contribution >= 4 is 5.91 Å². The van der Waals surface area contributed by atoms with Gasteiger partial charge in [-0.15, -0.1) is 0 Å². The van der Waals surface area contributed by atoms with Crippen molar-refractivity contribution in [3.8, 4) is 0 Å². The number of nitrogens with zero attached hydrogens (tertiary/aromatic N) is 3. The average molecular weight is 250 g/mol. The highest BCUT2D eigenvalue weighted by Gasteiger charge is 2.39. The molecule has 1 saturated heterocycles. The Morgan fingerprint density at radius 2 is 2.39 bits per heavy atom. The molecule has 0 aromatic carbocycles. The van der Waals surface area contributed by atoms with E-state index in [2.05, 4.69) is 9.97 Å². The quantitative estimate of drug-likeness (QED) is 0.815. The third-order valence-corrected chi connectivity index (χ3v) is 3.11. The molecule has 2 N–H and O–H groups in total. The molecular formula is C12H18N4O2. The molecule has 6 heteroatoms. The number of carbonyl (C=O) groups excluding carboxylic acids is 1. The van der Waals surface area contributed by atoms with Crippen LogP contribution in [0.5, 0.6) is 0 Å². The molecule has 1 aliphatic rings. The van der Waals surface area contributed by atoms with E-state index >= 15 is 0 Å². The maximum absolute atomic E-state index is 11.9. The first kappa shape index (κ1) is 12.9. The predicted molar refractivity (Wildman–Crippen MR) is 65.7 cm³/mol. The molecule has 1 aliphatic heterocycles. The molecule has 0 spiro atoms. The van der Waals surface area contributed by atoms with Crippen molar-refractivity contribution < 1.29 is 9.53 Å². The molecule has 1 amide bonds. The number of carbonyl (C=O) groups is 1. The molecule has 18 heavy (non-hydrogen) atoms. The maximum atomic E-state index is 11.9. The predicted octanol–water partition coefficient (Wildman–Crippen LogP) is 0.0321. The van der Waals surface area contributed by atoms with Gasteiger partial charge in [-0.3, -0.25) is 4.79 Å². The molecule has 98 valence electrons. The Labute approximate surface area is 106 Å². The van der Waals surface area contributed by atoms with E-state index in [0.29, 0.717) is 25.4 Å². The van der Waals surface area contributed by atoms with Gasteiger partial charge >= 0.3 is 0 Å². The third kappa shape index (κ3) is 2.49. The lowest BCUT2D eigenvalue weighted by Crippen LogP contribution is -2.35. The molecule has 2 unspecified atom stereocenters. The molecular weight excluding hydrogens is 232 g/mol. The Balaban J connectivity index is 2.24. The SMILES string of the molecule is COCCN1C(=O)CC(N)C1c1ccnc(C)n1. The number of nitrogens with two attached hydrogens (primary N) is 1. The normalized spacial score (nSPS) is 23.7. The number of ether oxygens (including phenoxy) is 1. The molecule has 2 rings (SSSR count). The van der Waals surface area contributed by atoms with E-state index < -0.39 is 0 Å². The van der Waals surface area contributed by atoms with Crippen molar-refractivity contribution in [3.05, 3.63) is 23.8 Å². The molecule has 1 aromatic heterocycles. The van der Waals surface area contributed by atoms with Gasteiger partial charge in [0, 0.05) is 32.3 Å². The van der Waals surface area contributed by atoms with E-state index in [-0.39, 0.29) is 18.0 Å². The van der Waals surface area contributed by atoms with E-state index in [1.54, 1.807) is 18.2 Å². The number of likely N-dealkylation sites (tertiary alicyclic amines) is 1. The largest absolute Gasteiger partial charge is 0.383 e. The monoisotopic (exact) mass is 250 g/mol. The summed E-state index contributed by atoms with van der Waals surface area (Å²) in [6, 6.07) is 1.42. The average Bonchev–Trinajstić information content (AvgIpc) is 2.61. The molecule has 1 aromatic rings. The maximum Gasteiger partial charge on any atom is 0.224 e. The lowest BCUT2D eigenvalue weighted by atomic mass is 10.1. The van der Waals surface area contributed by atoms with Crippen LogP contribution >= 0.6 is 0 Å². The fourth-order valence-electron chi connectivity index (χ4n) is 2.29. The van der Waals surface area contributed by atoms with Crippen molar-refractivity contribution in [3.63, 3.8) is 0 Å². The first-order valence-corrected chi connectivity index (χ1v) is 5.97. The van der Waals surface area contributed by atoms with E-state index in [9.17, 15) is 4.79 Å². The van der Waals surface area contributed by atoms with E-state index in [1.807, 2.05) is 13.0 Å². The molecule has 2 atom stereocenters. The number of amides is 1. The van der Waals surface area contributed by atoms with Crippen LogP contribution in [0.15, 0.2) is 12.3 Å². The lowest BCUT2D eigenvalue weighted by Gasteiger charge is -2.26. The molecule has 1 fully saturated rings. The Morgan fingerprint density at radius 1 is 1.61 bits per heavy atom. The molecule has 2 heterocycles. The highest BCUT2D eigenvalue weighted by atomic mass is 16.5. The van der Waals surface area contributed by atoms with Crippen LogP contribution in [0.3, 0.4) is 0 Å². The van der Waals surface area contributed by atoms with Crippen LogP contribution in [-0.4, -0.2) is 47.1 Å². The number of rotatable bonds is 4. The van der Waals surface area contributed by atoms with Crippen LogP contribution < -0.4 is 5.73 Å². The van der Waals surface area contributed by atoms with Gasteiger partial charge in [-0.2, -0.15) is 0 Å². The Morgan fingerprint density at radius 3 is 3.06 bits per heavy atom. The zero-order valence-corrected chi connectivity index (χ0v) is 10.7. The number of hydrogen-bond donors (Lipinski definition) is 1. The number of hydrogen-bond acceptors (Lipinski definition) is 5. The van der Waals surface area contributed by atoms with E-state index in [1.165, 1.54) is 0 Å². The van der Waals surface area contributed by atoms with Crippen molar-refractivity contribution in [2.24, 2.45) is 5.73 Å². The zero-order valence-electron chi connectivity index (χ0n) is 10.7. The standard InChI is InChI=1S/C12H18N4O2/c1-8-14-4-3-10(15-8)12-9(13)7-11(17)16(12)5-6-18-2/h3-4,9,12H,5-7,13H2,1-2H3. The Kier molecular flexibility index (Phi) is 3.88. The van der Waals surface area contributed by atoms with Crippen LogP contribution in [0, 0.1) is 6.92 Å². The van der Waals surface area contributed by atoms with Crippen LogP contribution in [0.4, 0.5) is 0 Å². The van der Waals surface area contributed by atoms with Crippen LogP contribution in [0.25, 0.3) is 0 Å². The summed E-state index contributed by atoms with van der Waals surface area (Å²) in [6.45, 7) is 2.86. The lowest BCUT2D eigenvalue weighted by molar-refractivity contribution is -0.129. The summed E-state index contributed by atoms with van der Waals surface area (Å²) >= 11 is 0. The van der Waals surface area contributed by atoms with Gasteiger partial charge in [-0.1, -0.05) is 0 Å². The molecule has 6 nitrogen and oxygen atoms in total. The van der Waals surface area contributed by atoms with Gasteiger partial charge in [0.1, 0.15) is 5.82 Å². The topological polar surface area (TPSA) is 81.3 Å². The van der Waals surface area contributed by atoms with Gasteiger partial charge in [0.05, 0.1) is 18.3 Å². The van der Waals surface area contributed by atoms with Gasteiger partial charge in [0.15, 0.2) is 0 Å².